The van der Waals surface area contributed by atoms with E-state index in [4.69, 9.17) is 30.5 Å². The van der Waals surface area contributed by atoms with Crippen LogP contribution >= 0.6 is 11.6 Å². The molecule has 1 fully saturated rings. The van der Waals surface area contributed by atoms with Crippen molar-refractivity contribution in [3.05, 3.63) is 58.9 Å². The van der Waals surface area contributed by atoms with Crippen LogP contribution in [0.15, 0.2) is 42.0 Å². The van der Waals surface area contributed by atoms with E-state index in [0.717, 1.165) is 63.6 Å². The number of hydrogen-bond donors (Lipinski definition) is 0. The van der Waals surface area contributed by atoms with Gasteiger partial charge in [0.05, 0.1) is 26.4 Å². The Bertz CT molecular complexity index is 1360. The first-order valence-electron chi connectivity index (χ1n) is 17.9. The molecule has 2 aromatic rings. The number of hydrogen-bond acceptors (Lipinski definition) is 6. The van der Waals surface area contributed by atoms with E-state index in [1.165, 1.54) is 6.07 Å². The number of methoxy groups -OCH3 is 2. The number of carbonyl (C=O) groups excluding carboxylic acids is 1. The maximum Gasteiger partial charge on any atom is 0.254 e. The van der Waals surface area contributed by atoms with Crippen LogP contribution in [0.3, 0.4) is 0 Å². The van der Waals surface area contributed by atoms with Gasteiger partial charge < -0.3 is 23.8 Å². The summed E-state index contributed by atoms with van der Waals surface area (Å²) in [6.45, 7) is 15.6. The van der Waals surface area contributed by atoms with Gasteiger partial charge in [-0.1, -0.05) is 49.1 Å². The Hall–Kier alpha value is -2.81. The van der Waals surface area contributed by atoms with Crippen LogP contribution < -0.4 is 14.2 Å². The average Bonchev–Trinajstić information content (AvgIpc) is 3.46. The highest BCUT2D eigenvalue weighted by Crippen LogP contribution is 2.41. The number of carbonyl (C=O) groups is 1. The molecule has 7 nitrogen and oxygen atoms in total. The van der Waals surface area contributed by atoms with Gasteiger partial charge in [0.1, 0.15) is 11.4 Å². The molecule has 1 saturated heterocycles. The summed E-state index contributed by atoms with van der Waals surface area (Å²) in [7, 11) is 3.12. The molecule has 0 N–H and O–H groups in total. The molecule has 1 amide bonds. The summed E-state index contributed by atoms with van der Waals surface area (Å²) in [5.74, 6) is 1.54. The zero-order chi connectivity index (χ0) is 36.0. The van der Waals surface area contributed by atoms with Crippen LogP contribution in [0.25, 0.3) is 6.08 Å². The molecule has 49 heavy (non-hydrogen) atoms. The van der Waals surface area contributed by atoms with Crippen LogP contribution in [-0.4, -0.2) is 85.8 Å². The van der Waals surface area contributed by atoms with Crippen molar-refractivity contribution >= 4 is 23.6 Å². The van der Waals surface area contributed by atoms with Crippen molar-refractivity contribution in [1.29, 1.82) is 0 Å². The van der Waals surface area contributed by atoms with Crippen LogP contribution in [0.2, 0.25) is 0 Å². The summed E-state index contributed by atoms with van der Waals surface area (Å²) in [6.07, 6.45) is 10.2. The van der Waals surface area contributed by atoms with Gasteiger partial charge in [0.15, 0.2) is 11.5 Å². The van der Waals surface area contributed by atoms with Crippen LogP contribution in [0.4, 0.5) is 4.39 Å². The number of likely N-dealkylation sites (tertiary alicyclic amines) is 1. The molecule has 1 unspecified atom stereocenters. The number of nitrogens with zero attached hydrogens (tertiary/aromatic N) is 2. The third-order valence-electron chi connectivity index (χ3n) is 9.32. The Balaban J connectivity index is 1.80. The Morgan fingerprint density at radius 3 is 2.39 bits per heavy atom. The molecule has 3 rings (SSSR count). The molecule has 0 aromatic heterocycles. The fraction of sp³-hybridized carbons (Fsp3) is 0.625. The molecule has 0 bridgehead atoms. The molecule has 1 atom stereocenters. The number of amides is 1. The standard InChI is InChI=1S/C40H60ClFN2O5/c1-30(26-32-17-11-12-18-34(32)42)29-44(24-23-43-22-15-16-31(43)2)38(45)33-27-35(46-7)37(47-8)36(28-33)49-40(5,6)20-25-48-39(3,4)19-13-9-10-14-21-41/h11-12,17-18,26-28,31H,9-10,13-16,19-25,29H2,1-8H3/b30-26+. The van der Waals surface area contributed by atoms with E-state index in [9.17, 15) is 9.18 Å². The highest BCUT2D eigenvalue weighted by Gasteiger charge is 2.29. The van der Waals surface area contributed by atoms with Gasteiger partial charge in [0.2, 0.25) is 5.75 Å². The Labute approximate surface area is 300 Å². The van der Waals surface area contributed by atoms with Gasteiger partial charge in [-0.3, -0.25) is 9.69 Å². The molecule has 0 saturated carbocycles. The minimum absolute atomic E-state index is 0.159. The normalized spacial score (nSPS) is 15.8. The van der Waals surface area contributed by atoms with Gasteiger partial charge in [-0.25, -0.2) is 4.39 Å². The Morgan fingerprint density at radius 1 is 1.02 bits per heavy atom. The summed E-state index contributed by atoms with van der Waals surface area (Å²) >= 11 is 5.82. The van der Waals surface area contributed by atoms with Crippen molar-refractivity contribution < 1.29 is 28.1 Å². The Kier molecular flexibility index (Phi) is 16.2. The lowest BCUT2D eigenvalue weighted by atomic mass is 9.99. The second-order valence-electron chi connectivity index (χ2n) is 14.5. The lowest BCUT2D eigenvalue weighted by Crippen LogP contribution is -2.40. The van der Waals surface area contributed by atoms with Crippen LogP contribution in [0.1, 0.15) is 109 Å². The van der Waals surface area contributed by atoms with Gasteiger partial charge in [0.25, 0.3) is 5.91 Å². The molecule has 1 aliphatic heterocycles. The van der Waals surface area contributed by atoms with Crippen molar-refractivity contribution in [2.45, 2.75) is 110 Å². The minimum atomic E-state index is -0.624. The van der Waals surface area contributed by atoms with E-state index in [1.54, 1.807) is 38.5 Å². The lowest BCUT2D eigenvalue weighted by molar-refractivity contribution is -0.0464. The molecule has 274 valence electrons. The predicted octanol–water partition coefficient (Wildman–Crippen LogP) is 9.40. The van der Waals surface area contributed by atoms with E-state index >= 15 is 0 Å². The van der Waals surface area contributed by atoms with Crippen molar-refractivity contribution in [3.63, 3.8) is 0 Å². The number of ether oxygens (including phenoxy) is 4. The third-order valence-corrected chi connectivity index (χ3v) is 9.59. The first-order valence-corrected chi connectivity index (χ1v) is 18.4. The third kappa shape index (κ3) is 13.1. The highest BCUT2D eigenvalue weighted by atomic mass is 35.5. The predicted molar refractivity (Wildman–Crippen MR) is 199 cm³/mol. The van der Waals surface area contributed by atoms with E-state index in [-0.39, 0.29) is 17.3 Å². The van der Waals surface area contributed by atoms with E-state index in [2.05, 4.69) is 25.7 Å². The number of unbranched alkanes of at least 4 members (excludes halogenated alkanes) is 3. The maximum atomic E-state index is 14.5. The minimum Gasteiger partial charge on any atom is -0.493 e. The number of rotatable bonds is 21. The smallest absolute Gasteiger partial charge is 0.254 e. The van der Waals surface area contributed by atoms with Crippen LogP contribution in [0, 0.1) is 5.82 Å². The van der Waals surface area contributed by atoms with E-state index < -0.39 is 5.60 Å². The van der Waals surface area contributed by atoms with Crippen molar-refractivity contribution in [1.82, 2.24) is 9.80 Å². The topological polar surface area (TPSA) is 60.5 Å². The molecule has 0 aliphatic carbocycles. The number of benzene rings is 2. The van der Waals surface area contributed by atoms with Crippen LogP contribution in [0.5, 0.6) is 17.2 Å². The van der Waals surface area contributed by atoms with Gasteiger partial charge in [0, 0.05) is 49.1 Å². The summed E-state index contributed by atoms with van der Waals surface area (Å²) < 4.78 is 38.8. The molecule has 2 aromatic carbocycles. The SMILES string of the molecule is COc1cc(C(=O)N(CCN2CCCC2C)C/C(C)=C/c2ccccc2F)cc(OC(C)(C)CCOC(C)(C)CCCCCCCl)c1OC. The summed E-state index contributed by atoms with van der Waals surface area (Å²) in [4.78, 5) is 18.6. The van der Waals surface area contributed by atoms with Crippen LogP contribution in [-0.2, 0) is 4.74 Å². The zero-order valence-corrected chi connectivity index (χ0v) is 32.0. The van der Waals surface area contributed by atoms with Gasteiger partial charge in [-0.2, -0.15) is 0 Å². The van der Waals surface area contributed by atoms with E-state index in [1.807, 2.05) is 37.8 Å². The highest BCUT2D eigenvalue weighted by molar-refractivity contribution is 6.17. The van der Waals surface area contributed by atoms with E-state index in [0.29, 0.717) is 66.4 Å². The fourth-order valence-electron chi connectivity index (χ4n) is 6.33. The van der Waals surface area contributed by atoms with Crippen molar-refractivity contribution in [2.75, 3.05) is 52.9 Å². The van der Waals surface area contributed by atoms with Gasteiger partial charge in [-0.15, -0.1) is 11.6 Å². The van der Waals surface area contributed by atoms with Crippen molar-refractivity contribution in [2.24, 2.45) is 0 Å². The molecule has 0 radical (unpaired) electrons. The lowest BCUT2D eigenvalue weighted by Gasteiger charge is -2.31. The maximum absolute atomic E-state index is 14.5. The molecular formula is C40H60ClFN2O5. The second kappa shape index (κ2) is 19.5. The Morgan fingerprint density at radius 2 is 1.73 bits per heavy atom. The molecule has 1 aliphatic rings. The summed E-state index contributed by atoms with van der Waals surface area (Å²) in [5, 5.41) is 0. The fourth-order valence-corrected chi connectivity index (χ4v) is 6.52. The largest absolute Gasteiger partial charge is 0.493 e. The van der Waals surface area contributed by atoms with Crippen molar-refractivity contribution in [3.8, 4) is 17.2 Å². The van der Waals surface area contributed by atoms with Gasteiger partial charge in [-0.05, 0) is 92.0 Å². The second-order valence-corrected chi connectivity index (χ2v) is 14.9. The number of halogens is 2. The summed E-state index contributed by atoms with van der Waals surface area (Å²) in [6, 6.07) is 10.6. The first-order chi connectivity index (χ1) is 23.3. The molecule has 1 heterocycles. The number of alkyl halides is 1. The molecule has 0 spiro atoms. The average molecular weight is 703 g/mol. The first kappa shape index (κ1) is 40.6. The zero-order valence-electron chi connectivity index (χ0n) is 31.2. The quantitative estimate of drug-likeness (QED) is 0.0955. The monoisotopic (exact) mass is 702 g/mol. The van der Waals surface area contributed by atoms with Gasteiger partial charge >= 0.3 is 0 Å². The summed E-state index contributed by atoms with van der Waals surface area (Å²) in [5.41, 5.74) is 0.951. The molecule has 9 heteroatoms. The molecular weight excluding hydrogens is 643 g/mol.